The monoisotopic (exact) mass is 308 g/mol. The molecule has 0 saturated carbocycles. The Bertz CT molecular complexity index is 460. The van der Waals surface area contributed by atoms with Gasteiger partial charge in [-0.05, 0) is 37.1 Å². The van der Waals surface area contributed by atoms with Crippen LogP contribution in [0.15, 0.2) is 24.3 Å². The Hall–Kier alpha value is -1.62. The summed E-state index contributed by atoms with van der Waals surface area (Å²) in [6.45, 7) is 4.84. The number of thiocarbonyl (C=S) groups is 1. The van der Waals surface area contributed by atoms with Crippen LogP contribution in [0.5, 0.6) is 5.75 Å². The van der Waals surface area contributed by atoms with Gasteiger partial charge in [-0.25, -0.2) is 0 Å². The quantitative estimate of drug-likeness (QED) is 0.543. The lowest BCUT2D eigenvalue weighted by molar-refractivity contribution is 0.0945. The molecule has 0 aliphatic heterocycles. The van der Waals surface area contributed by atoms with Crippen molar-refractivity contribution in [1.29, 1.82) is 0 Å². The molecule has 0 spiro atoms. The zero-order valence-electron chi connectivity index (χ0n) is 12.7. The van der Waals surface area contributed by atoms with Gasteiger partial charge in [0, 0.05) is 5.56 Å². The van der Waals surface area contributed by atoms with Crippen molar-refractivity contribution in [3.05, 3.63) is 29.8 Å². The number of ether oxygens (including phenoxy) is 1. The third kappa shape index (κ3) is 6.12. The van der Waals surface area contributed by atoms with Gasteiger partial charge in [-0.1, -0.05) is 38.9 Å². The molecule has 5 heteroatoms. The molecule has 0 radical (unpaired) electrons. The second kappa shape index (κ2) is 9.34. The predicted octanol–water partition coefficient (Wildman–Crippen LogP) is 3.05. The van der Waals surface area contributed by atoms with Crippen LogP contribution in [0.1, 0.15) is 49.9 Å². The van der Waals surface area contributed by atoms with Gasteiger partial charge in [0.1, 0.15) is 5.75 Å². The Morgan fingerprint density at radius 2 is 1.95 bits per heavy atom. The first-order valence-electron chi connectivity index (χ1n) is 7.41. The number of hydrogen-bond donors (Lipinski definition) is 2. The first-order valence-corrected chi connectivity index (χ1v) is 7.82. The highest BCUT2D eigenvalue weighted by Crippen LogP contribution is 2.13. The van der Waals surface area contributed by atoms with E-state index in [1.807, 2.05) is 6.92 Å². The molecule has 1 unspecified atom stereocenters. The molecular weight excluding hydrogens is 284 g/mol. The van der Waals surface area contributed by atoms with E-state index in [1.165, 1.54) is 0 Å². The number of amides is 1. The zero-order valence-corrected chi connectivity index (χ0v) is 13.5. The first-order chi connectivity index (χ1) is 10.1. The van der Waals surface area contributed by atoms with Crippen LogP contribution >= 0.6 is 12.2 Å². The standard InChI is InChI=1S/C16H24N2O2S/c1-3-5-11-20-13-9-7-12(8-10-13)16(19)18-14(6-4-2)15(17)21/h7-10,14H,3-6,11H2,1-2H3,(H2,17,21)(H,18,19). The van der Waals surface area contributed by atoms with E-state index < -0.39 is 0 Å². The normalized spacial score (nSPS) is 11.7. The molecular formula is C16H24N2O2S. The topological polar surface area (TPSA) is 64.3 Å². The van der Waals surface area contributed by atoms with Gasteiger partial charge < -0.3 is 15.8 Å². The minimum atomic E-state index is -0.252. The van der Waals surface area contributed by atoms with Gasteiger partial charge in [-0.3, -0.25) is 4.79 Å². The van der Waals surface area contributed by atoms with Gasteiger partial charge in [0.15, 0.2) is 0 Å². The summed E-state index contributed by atoms with van der Waals surface area (Å²) in [5.41, 5.74) is 6.22. The molecule has 1 atom stereocenters. The molecule has 116 valence electrons. The second-order valence-electron chi connectivity index (χ2n) is 4.94. The Morgan fingerprint density at radius 1 is 1.29 bits per heavy atom. The number of nitrogens with two attached hydrogens (primary N) is 1. The summed E-state index contributed by atoms with van der Waals surface area (Å²) in [7, 11) is 0. The van der Waals surface area contributed by atoms with E-state index >= 15 is 0 Å². The summed E-state index contributed by atoms with van der Waals surface area (Å²) in [5.74, 6) is 0.612. The van der Waals surface area contributed by atoms with Crippen LogP contribution < -0.4 is 15.8 Å². The van der Waals surface area contributed by atoms with E-state index in [0.29, 0.717) is 17.2 Å². The average Bonchev–Trinajstić information content (AvgIpc) is 2.47. The molecule has 4 nitrogen and oxygen atoms in total. The SMILES string of the molecule is CCCCOc1ccc(C(=O)NC(CCC)C(N)=S)cc1. The number of carbonyl (C=O) groups is 1. The van der Waals surface area contributed by atoms with Gasteiger partial charge >= 0.3 is 0 Å². The van der Waals surface area contributed by atoms with Crippen LogP contribution in [0.2, 0.25) is 0 Å². The van der Waals surface area contributed by atoms with E-state index in [0.717, 1.165) is 31.4 Å². The fourth-order valence-electron chi connectivity index (χ4n) is 1.85. The Balaban J connectivity index is 2.59. The molecule has 0 aliphatic carbocycles. The van der Waals surface area contributed by atoms with Crippen LogP contribution in [0.25, 0.3) is 0 Å². The van der Waals surface area contributed by atoms with E-state index in [-0.39, 0.29) is 11.9 Å². The van der Waals surface area contributed by atoms with Crippen LogP contribution in [0, 0.1) is 0 Å². The van der Waals surface area contributed by atoms with E-state index in [4.69, 9.17) is 22.7 Å². The smallest absolute Gasteiger partial charge is 0.251 e. The highest BCUT2D eigenvalue weighted by molar-refractivity contribution is 7.80. The maximum atomic E-state index is 12.1. The molecule has 21 heavy (non-hydrogen) atoms. The number of unbranched alkanes of at least 4 members (excludes halogenated alkanes) is 1. The summed E-state index contributed by atoms with van der Waals surface area (Å²) >= 11 is 4.97. The average molecular weight is 308 g/mol. The van der Waals surface area contributed by atoms with E-state index in [1.54, 1.807) is 24.3 Å². The molecule has 1 rings (SSSR count). The highest BCUT2D eigenvalue weighted by atomic mass is 32.1. The van der Waals surface area contributed by atoms with Crippen molar-refractivity contribution in [2.24, 2.45) is 5.73 Å². The molecule has 0 aromatic heterocycles. The lowest BCUT2D eigenvalue weighted by atomic mass is 10.1. The number of benzene rings is 1. The molecule has 3 N–H and O–H groups in total. The van der Waals surface area contributed by atoms with Crippen LogP contribution in [-0.4, -0.2) is 23.5 Å². The van der Waals surface area contributed by atoms with Crippen molar-refractivity contribution in [1.82, 2.24) is 5.32 Å². The van der Waals surface area contributed by atoms with Crippen molar-refractivity contribution in [3.8, 4) is 5.75 Å². The molecule has 0 bridgehead atoms. The van der Waals surface area contributed by atoms with E-state index in [9.17, 15) is 4.79 Å². The van der Waals surface area contributed by atoms with E-state index in [2.05, 4.69) is 12.2 Å². The third-order valence-corrected chi connectivity index (χ3v) is 3.39. The maximum Gasteiger partial charge on any atom is 0.251 e. The Kier molecular flexibility index (Phi) is 7.75. The number of nitrogens with one attached hydrogen (secondary N) is 1. The van der Waals surface area contributed by atoms with Gasteiger partial charge in [-0.15, -0.1) is 0 Å². The zero-order chi connectivity index (χ0) is 15.7. The van der Waals surface area contributed by atoms with Crippen LogP contribution in [0.3, 0.4) is 0 Å². The van der Waals surface area contributed by atoms with Crippen molar-refractivity contribution in [2.45, 2.75) is 45.6 Å². The number of rotatable bonds is 9. The molecule has 0 saturated heterocycles. The molecule has 0 heterocycles. The van der Waals surface area contributed by atoms with Crippen LogP contribution in [-0.2, 0) is 0 Å². The van der Waals surface area contributed by atoms with Crippen molar-refractivity contribution < 1.29 is 9.53 Å². The summed E-state index contributed by atoms with van der Waals surface area (Å²) < 4.78 is 5.57. The number of carbonyl (C=O) groups excluding carboxylic acids is 1. The molecule has 1 aromatic carbocycles. The summed E-state index contributed by atoms with van der Waals surface area (Å²) in [6, 6.07) is 6.86. The van der Waals surface area contributed by atoms with Gasteiger partial charge in [0.05, 0.1) is 17.6 Å². The third-order valence-electron chi connectivity index (χ3n) is 3.11. The van der Waals surface area contributed by atoms with Crippen molar-refractivity contribution in [2.75, 3.05) is 6.61 Å². The lowest BCUT2D eigenvalue weighted by Crippen LogP contribution is -2.43. The maximum absolute atomic E-state index is 12.1. The second-order valence-corrected chi connectivity index (χ2v) is 5.41. The van der Waals surface area contributed by atoms with Gasteiger partial charge in [0.2, 0.25) is 0 Å². The summed E-state index contributed by atoms with van der Waals surface area (Å²) in [5, 5.41) is 2.86. The highest BCUT2D eigenvalue weighted by Gasteiger charge is 2.15. The Labute approximate surface area is 132 Å². The van der Waals surface area contributed by atoms with Gasteiger partial charge in [-0.2, -0.15) is 0 Å². The lowest BCUT2D eigenvalue weighted by Gasteiger charge is -2.16. The molecule has 0 fully saturated rings. The van der Waals surface area contributed by atoms with Gasteiger partial charge in [0.25, 0.3) is 5.91 Å². The summed E-state index contributed by atoms with van der Waals surface area (Å²) in [6.07, 6.45) is 3.78. The fraction of sp³-hybridized carbons (Fsp3) is 0.500. The molecule has 1 amide bonds. The minimum Gasteiger partial charge on any atom is -0.494 e. The molecule has 0 aliphatic rings. The predicted molar refractivity (Wildman–Crippen MR) is 89.8 cm³/mol. The minimum absolute atomic E-state index is 0.165. The largest absolute Gasteiger partial charge is 0.494 e. The first kappa shape index (κ1) is 17.4. The number of hydrogen-bond acceptors (Lipinski definition) is 3. The fourth-order valence-corrected chi connectivity index (χ4v) is 2.03. The summed E-state index contributed by atoms with van der Waals surface area (Å²) in [4.78, 5) is 12.5. The van der Waals surface area contributed by atoms with Crippen molar-refractivity contribution >= 4 is 23.1 Å². The Morgan fingerprint density at radius 3 is 2.48 bits per heavy atom. The molecule has 1 aromatic rings. The van der Waals surface area contributed by atoms with Crippen molar-refractivity contribution in [3.63, 3.8) is 0 Å². The van der Waals surface area contributed by atoms with Crippen LogP contribution in [0.4, 0.5) is 0 Å².